The van der Waals surface area contributed by atoms with Crippen molar-refractivity contribution in [2.24, 2.45) is 5.92 Å². The minimum atomic E-state index is 0.0343. The fraction of sp³-hybridized carbons (Fsp3) is 0.412. The van der Waals surface area contributed by atoms with Crippen LogP contribution in [0.2, 0.25) is 0 Å². The molecule has 0 radical (unpaired) electrons. The van der Waals surface area contributed by atoms with Gasteiger partial charge >= 0.3 is 0 Å². The minimum absolute atomic E-state index is 0.0343. The molecule has 0 spiro atoms. The number of pyridine rings is 1. The molecule has 1 fully saturated rings. The summed E-state index contributed by atoms with van der Waals surface area (Å²) in [6, 6.07) is 5.80. The van der Waals surface area contributed by atoms with Gasteiger partial charge in [0, 0.05) is 49.4 Å². The van der Waals surface area contributed by atoms with E-state index in [0.29, 0.717) is 18.9 Å². The van der Waals surface area contributed by atoms with Crippen molar-refractivity contribution in [2.75, 3.05) is 24.5 Å². The van der Waals surface area contributed by atoms with Gasteiger partial charge in [-0.1, -0.05) is 0 Å². The summed E-state index contributed by atoms with van der Waals surface area (Å²) in [5, 5.41) is 2.90. The lowest BCUT2D eigenvalue weighted by Crippen LogP contribution is -2.32. The van der Waals surface area contributed by atoms with Crippen LogP contribution in [0.5, 0.6) is 0 Å². The van der Waals surface area contributed by atoms with E-state index in [1.165, 1.54) is 0 Å². The first-order valence-corrected chi connectivity index (χ1v) is 7.96. The van der Waals surface area contributed by atoms with Gasteiger partial charge < -0.3 is 10.2 Å². The highest BCUT2D eigenvalue weighted by Gasteiger charge is 2.29. The number of anilines is 1. The molecule has 0 aliphatic carbocycles. The van der Waals surface area contributed by atoms with Crippen molar-refractivity contribution in [1.82, 2.24) is 20.3 Å². The standard InChI is InChI=1S/C17H21N5O/c1-3-19-17(23)14-6-8-22(11-14)15-9-12(2)20-16(21-15)13-5-4-7-18-10-13/h4-5,7,9-10,14H,3,6,8,11H2,1-2H3,(H,19,23). The maximum atomic E-state index is 12.0. The maximum Gasteiger partial charge on any atom is 0.224 e. The van der Waals surface area contributed by atoms with Crippen molar-refractivity contribution in [3.8, 4) is 11.4 Å². The zero-order chi connectivity index (χ0) is 16.2. The number of carbonyl (C=O) groups excluding carboxylic acids is 1. The van der Waals surface area contributed by atoms with Gasteiger partial charge in [0.25, 0.3) is 0 Å². The number of hydrogen-bond donors (Lipinski definition) is 1. The Morgan fingerprint density at radius 3 is 3.04 bits per heavy atom. The zero-order valence-corrected chi connectivity index (χ0v) is 13.5. The smallest absolute Gasteiger partial charge is 0.224 e. The van der Waals surface area contributed by atoms with Crippen LogP contribution < -0.4 is 10.2 Å². The maximum absolute atomic E-state index is 12.0. The van der Waals surface area contributed by atoms with Crippen molar-refractivity contribution in [2.45, 2.75) is 20.3 Å². The Balaban J connectivity index is 1.81. The van der Waals surface area contributed by atoms with Crippen LogP contribution in [0.25, 0.3) is 11.4 Å². The van der Waals surface area contributed by atoms with Gasteiger partial charge in [0.1, 0.15) is 5.82 Å². The molecule has 1 aliphatic rings. The summed E-state index contributed by atoms with van der Waals surface area (Å²) in [7, 11) is 0. The quantitative estimate of drug-likeness (QED) is 0.932. The minimum Gasteiger partial charge on any atom is -0.356 e. The molecule has 23 heavy (non-hydrogen) atoms. The van der Waals surface area contributed by atoms with E-state index >= 15 is 0 Å². The van der Waals surface area contributed by atoms with Crippen LogP contribution in [-0.4, -0.2) is 40.5 Å². The predicted octanol–water partition coefficient (Wildman–Crippen LogP) is 1.81. The number of nitrogens with zero attached hydrogens (tertiary/aromatic N) is 4. The summed E-state index contributed by atoms with van der Waals surface area (Å²) in [6.45, 7) is 6.12. The highest BCUT2D eigenvalue weighted by atomic mass is 16.1. The topological polar surface area (TPSA) is 71.0 Å². The average Bonchev–Trinajstić information content (AvgIpc) is 3.05. The Kier molecular flexibility index (Phi) is 4.50. The van der Waals surface area contributed by atoms with Gasteiger partial charge in [-0.3, -0.25) is 9.78 Å². The Morgan fingerprint density at radius 1 is 1.43 bits per heavy atom. The summed E-state index contributed by atoms with van der Waals surface area (Å²) >= 11 is 0. The molecule has 2 aromatic rings. The van der Waals surface area contributed by atoms with E-state index in [2.05, 4.69) is 25.2 Å². The highest BCUT2D eigenvalue weighted by Crippen LogP contribution is 2.25. The second kappa shape index (κ2) is 6.73. The molecular weight excluding hydrogens is 290 g/mol. The summed E-state index contributed by atoms with van der Waals surface area (Å²) in [4.78, 5) is 27.5. The lowest BCUT2D eigenvalue weighted by Gasteiger charge is -2.18. The van der Waals surface area contributed by atoms with Crippen LogP contribution in [0.4, 0.5) is 5.82 Å². The second-order valence-electron chi connectivity index (χ2n) is 5.76. The molecule has 3 rings (SSSR count). The molecule has 1 aliphatic heterocycles. The van der Waals surface area contributed by atoms with Crippen molar-refractivity contribution < 1.29 is 4.79 Å². The monoisotopic (exact) mass is 311 g/mol. The van der Waals surface area contributed by atoms with Crippen molar-refractivity contribution in [3.63, 3.8) is 0 Å². The van der Waals surface area contributed by atoms with Gasteiger partial charge in [0.05, 0.1) is 5.92 Å². The summed E-state index contributed by atoms with van der Waals surface area (Å²) in [6.07, 6.45) is 4.36. The Labute approximate surface area is 136 Å². The van der Waals surface area contributed by atoms with Gasteiger partial charge in [-0.2, -0.15) is 0 Å². The first-order chi connectivity index (χ1) is 11.2. The van der Waals surface area contributed by atoms with Crippen LogP contribution in [0.1, 0.15) is 19.0 Å². The SMILES string of the molecule is CCNC(=O)C1CCN(c2cc(C)nc(-c3cccnc3)n2)C1. The number of hydrogen-bond acceptors (Lipinski definition) is 5. The predicted molar refractivity (Wildman–Crippen MR) is 89.0 cm³/mol. The number of nitrogens with one attached hydrogen (secondary N) is 1. The molecule has 0 aromatic carbocycles. The summed E-state index contributed by atoms with van der Waals surface area (Å²) < 4.78 is 0. The molecule has 1 unspecified atom stereocenters. The Bertz CT molecular complexity index is 689. The number of carbonyl (C=O) groups is 1. The number of amides is 1. The first-order valence-electron chi connectivity index (χ1n) is 7.96. The average molecular weight is 311 g/mol. The molecule has 120 valence electrons. The van der Waals surface area contributed by atoms with Crippen molar-refractivity contribution >= 4 is 11.7 Å². The van der Waals surface area contributed by atoms with Gasteiger partial charge in [-0.15, -0.1) is 0 Å². The molecule has 6 heteroatoms. The highest BCUT2D eigenvalue weighted by molar-refractivity contribution is 5.80. The number of aryl methyl sites for hydroxylation is 1. The van der Waals surface area contributed by atoms with Gasteiger partial charge in [0.15, 0.2) is 5.82 Å². The lowest BCUT2D eigenvalue weighted by molar-refractivity contribution is -0.124. The molecule has 3 heterocycles. The van der Waals surface area contributed by atoms with E-state index in [9.17, 15) is 4.79 Å². The van der Waals surface area contributed by atoms with Crippen LogP contribution in [0.15, 0.2) is 30.6 Å². The second-order valence-corrected chi connectivity index (χ2v) is 5.76. The van der Waals surface area contributed by atoms with E-state index in [1.54, 1.807) is 12.4 Å². The third kappa shape index (κ3) is 3.47. The van der Waals surface area contributed by atoms with Crippen LogP contribution in [0.3, 0.4) is 0 Å². The van der Waals surface area contributed by atoms with Crippen molar-refractivity contribution in [3.05, 3.63) is 36.3 Å². The molecule has 1 N–H and O–H groups in total. The molecule has 0 bridgehead atoms. The van der Waals surface area contributed by atoms with Crippen LogP contribution >= 0.6 is 0 Å². The largest absolute Gasteiger partial charge is 0.356 e. The molecule has 0 saturated carbocycles. The third-order valence-corrected chi connectivity index (χ3v) is 3.99. The van der Waals surface area contributed by atoms with Crippen molar-refractivity contribution in [1.29, 1.82) is 0 Å². The fourth-order valence-electron chi connectivity index (χ4n) is 2.84. The first kappa shape index (κ1) is 15.4. The zero-order valence-electron chi connectivity index (χ0n) is 13.5. The van der Waals surface area contributed by atoms with Gasteiger partial charge in [-0.25, -0.2) is 9.97 Å². The number of rotatable bonds is 4. The van der Waals surface area contributed by atoms with Crippen LogP contribution in [0, 0.1) is 12.8 Å². The summed E-state index contributed by atoms with van der Waals surface area (Å²) in [5.41, 5.74) is 1.81. The molecule has 1 saturated heterocycles. The fourth-order valence-corrected chi connectivity index (χ4v) is 2.84. The lowest BCUT2D eigenvalue weighted by atomic mass is 10.1. The van der Waals surface area contributed by atoms with E-state index in [4.69, 9.17) is 0 Å². The number of aromatic nitrogens is 3. The van der Waals surface area contributed by atoms with E-state index in [1.807, 2.05) is 32.0 Å². The molecular formula is C17H21N5O. The van der Waals surface area contributed by atoms with Crippen LogP contribution in [-0.2, 0) is 4.79 Å². The van der Waals surface area contributed by atoms with E-state index in [0.717, 1.165) is 30.0 Å². The molecule has 1 amide bonds. The Morgan fingerprint density at radius 2 is 2.30 bits per heavy atom. The molecule has 2 aromatic heterocycles. The normalized spacial score (nSPS) is 17.3. The molecule has 6 nitrogen and oxygen atoms in total. The van der Waals surface area contributed by atoms with E-state index < -0.39 is 0 Å². The molecule has 1 atom stereocenters. The third-order valence-electron chi connectivity index (χ3n) is 3.99. The Hall–Kier alpha value is -2.50. The summed E-state index contributed by atoms with van der Waals surface area (Å²) in [5.74, 6) is 1.72. The van der Waals surface area contributed by atoms with Gasteiger partial charge in [0.2, 0.25) is 5.91 Å². The van der Waals surface area contributed by atoms with E-state index in [-0.39, 0.29) is 11.8 Å². The van der Waals surface area contributed by atoms with Gasteiger partial charge in [-0.05, 0) is 32.4 Å².